The minimum atomic E-state index is -0.389. The number of ketones is 1. The van der Waals surface area contributed by atoms with Gasteiger partial charge in [0.1, 0.15) is 12.7 Å². The Kier molecular flexibility index (Phi) is 2.97. The van der Waals surface area contributed by atoms with Gasteiger partial charge in [-0.1, -0.05) is 29.8 Å². The molecule has 0 bridgehead atoms. The van der Waals surface area contributed by atoms with Crippen molar-refractivity contribution in [2.45, 2.75) is 18.8 Å². The van der Waals surface area contributed by atoms with Crippen molar-refractivity contribution in [1.82, 2.24) is 14.8 Å². The number of hydrogen-bond acceptors (Lipinski definition) is 3. The smallest absolute Gasteiger partial charge is 0.170 e. The number of Topliss-reactive ketones (excluding diaryl/α,β-unsaturated/α-hetero) is 1. The molecule has 0 fully saturated rings. The molecule has 5 heteroatoms. The summed E-state index contributed by atoms with van der Waals surface area (Å²) >= 11 is 3.24. The minimum absolute atomic E-state index is 0.00132. The predicted octanol–water partition coefficient (Wildman–Crippen LogP) is 1.40. The van der Waals surface area contributed by atoms with Crippen molar-refractivity contribution in [2.75, 3.05) is 0 Å². The van der Waals surface area contributed by atoms with Gasteiger partial charge in [0.15, 0.2) is 10.7 Å². The van der Waals surface area contributed by atoms with Crippen LogP contribution in [0.5, 0.6) is 0 Å². The Bertz CT molecular complexity index is 258. The lowest BCUT2D eigenvalue weighted by Gasteiger charge is -2.10. The monoisotopic (exact) mass is 231 g/mol. The Hall–Kier alpha value is -0.710. The molecule has 1 aromatic heterocycles. The zero-order valence-corrected chi connectivity index (χ0v) is 8.52. The first-order valence-corrected chi connectivity index (χ1v) is 4.56. The van der Waals surface area contributed by atoms with Crippen LogP contribution in [-0.4, -0.2) is 20.5 Å². The zero-order chi connectivity index (χ0) is 9.14. The molecule has 1 atom stereocenters. The summed E-state index contributed by atoms with van der Waals surface area (Å²) < 4.78 is 1.49. The van der Waals surface area contributed by atoms with Crippen LogP contribution in [0, 0.1) is 5.92 Å². The van der Waals surface area contributed by atoms with Crippen molar-refractivity contribution in [1.29, 1.82) is 0 Å². The second-order valence-electron chi connectivity index (χ2n) is 2.77. The van der Waals surface area contributed by atoms with Crippen LogP contribution in [0.3, 0.4) is 0 Å². The van der Waals surface area contributed by atoms with E-state index in [9.17, 15) is 4.79 Å². The van der Waals surface area contributed by atoms with Gasteiger partial charge in [0, 0.05) is 5.92 Å². The Balaban J connectivity index is 2.72. The Morgan fingerprint density at radius 3 is 2.67 bits per heavy atom. The van der Waals surface area contributed by atoms with Crippen molar-refractivity contribution in [3.8, 4) is 0 Å². The number of hydrogen-bond donors (Lipinski definition) is 0. The molecule has 1 rings (SSSR count). The van der Waals surface area contributed by atoms with Gasteiger partial charge in [0.2, 0.25) is 0 Å². The van der Waals surface area contributed by atoms with Gasteiger partial charge >= 0.3 is 0 Å². The van der Waals surface area contributed by atoms with E-state index >= 15 is 0 Å². The molecule has 0 aliphatic rings. The van der Waals surface area contributed by atoms with Gasteiger partial charge in [-0.15, -0.1) is 0 Å². The molecule has 1 unspecified atom stereocenters. The maximum atomic E-state index is 11.4. The molecule has 1 heterocycles. The third kappa shape index (κ3) is 1.91. The number of carbonyl (C=O) groups excluding carboxylic acids is 1. The molecule has 4 nitrogen and oxygen atoms in total. The molecule has 0 N–H and O–H groups in total. The van der Waals surface area contributed by atoms with Crippen LogP contribution in [0.1, 0.15) is 18.8 Å². The Labute approximate surface area is 79.1 Å². The lowest BCUT2D eigenvalue weighted by molar-refractivity contribution is -0.122. The van der Waals surface area contributed by atoms with Gasteiger partial charge in [-0.25, -0.2) is 9.67 Å². The summed E-state index contributed by atoms with van der Waals surface area (Å²) in [5.41, 5.74) is 0. The average Bonchev–Trinajstić information content (AvgIpc) is 2.53. The lowest BCUT2D eigenvalue weighted by Crippen LogP contribution is -2.19. The molecule has 0 aliphatic carbocycles. The fourth-order valence-corrected chi connectivity index (χ4v) is 1.48. The van der Waals surface area contributed by atoms with E-state index in [4.69, 9.17) is 0 Å². The standard InChI is InChI=1S/C7H10BrN3O/c1-5(2)6(12)7(8)11-4-9-3-10-11/h3-5,7H,1-2H3. The second kappa shape index (κ2) is 3.80. The predicted molar refractivity (Wildman–Crippen MR) is 47.8 cm³/mol. The van der Waals surface area contributed by atoms with Crippen molar-refractivity contribution < 1.29 is 4.79 Å². The normalized spacial score (nSPS) is 13.3. The largest absolute Gasteiger partial charge is 0.296 e. The van der Waals surface area contributed by atoms with Gasteiger partial charge in [0.25, 0.3) is 0 Å². The van der Waals surface area contributed by atoms with Crippen LogP contribution in [-0.2, 0) is 4.79 Å². The molecule has 0 aliphatic heterocycles. The summed E-state index contributed by atoms with van der Waals surface area (Å²) in [7, 11) is 0. The van der Waals surface area contributed by atoms with E-state index in [1.165, 1.54) is 17.3 Å². The van der Waals surface area contributed by atoms with E-state index in [1.54, 1.807) is 0 Å². The summed E-state index contributed by atoms with van der Waals surface area (Å²) in [6.45, 7) is 3.71. The number of alkyl halides is 1. The summed E-state index contributed by atoms with van der Waals surface area (Å²) in [6, 6.07) is 0. The quantitative estimate of drug-likeness (QED) is 0.740. The molecule has 0 spiro atoms. The van der Waals surface area contributed by atoms with E-state index < -0.39 is 0 Å². The second-order valence-corrected chi connectivity index (χ2v) is 3.64. The summed E-state index contributed by atoms with van der Waals surface area (Å²) in [4.78, 5) is 14.8. The van der Waals surface area contributed by atoms with Gasteiger partial charge in [-0.05, 0) is 0 Å². The number of halogens is 1. The van der Waals surface area contributed by atoms with Gasteiger partial charge in [-0.2, -0.15) is 5.10 Å². The third-order valence-electron chi connectivity index (χ3n) is 1.47. The first-order chi connectivity index (χ1) is 5.63. The highest BCUT2D eigenvalue weighted by Crippen LogP contribution is 2.18. The van der Waals surface area contributed by atoms with Crippen molar-refractivity contribution in [3.05, 3.63) is 12.7 Å². The van der Waals surface area contributed by atoms with Crippen LogP contribution in [0.2, 0.25) is 0 Å². The van der Waals surface area contributed by atoms with E-state index in [-0.39, 0.29) is 16.7 Å². The van der Waals surface area contributed by atoms with Crippen LogP contribution < -0.4 is 0 Å². The van der Waals surface area contributed by atoms with E-state index in [0.29, 0.717) is 0 Å². The molecule has 1 aromatic rings. The number of aromatic nitrogens is 3. The summed E-state index contributed by atoms with van der Waals surface area (Å²) in [5.74, 6) is 0.0964. The van der Waals surface area contributed by atoms with Crippen molar-refractivity contribution >= 4 is 21.7 Å². The fraction of sp³-hybridized carbons (Fsp3) is 0.571. The number of rotatable bonds is 3. The minimum Gasteiger partial charge on any atom is -0.296 e. The molecular formula is C7H10BrN3O. The molecule has 0 radical (unpaired) electrons. The molecule has 0 saturated carbocycles. The summed E-state index contributed by atoms with van der Waals surface area (Å²) in [6.07, 6.45) is 2.92. The van der Waals surface area contributed by atoms with Crippen molar-refractivity contribution in [3.63, 3.8) is 0 Å². The molecule has 0 saturated heterocycles. The molecule has 66 valence electrons. The maximum Gasteiger partial charge on any atom is 0.170 e. The first kappa shape index (κ1) is 9.38. The topological polar surface area (TPSA) is 47.8 Å². The number of carbonyl (C=O) groups is 1. The first-order valence-electron chi connectivity index (χ1n) is 3.65. The summed E-state index contributed by atoms with van der Waals surface area (Å²) in [5, 5.41) is 3.86. The number of nitrogens with zero attached hydrogens (tertiary/aromatic N) is 3. The average molecular weight is 232 g/mol. The van der Waals surface area contributed by atoms with E-state index in [2.05, 4.69) is 26.0 Å². The van der Waals surface area contributed by atoms with Crippen LogP contribution >= 0.6 is 15.9 Å². The lowest BCUT2D eigenvalue weighted by atomic mass is 10.1. The highest BCUT2D eigenvalue weighted by atomic mass is 79.9. The van der Waals surface area contributed by atoms with Gasteiger partial charge in [-0.3, -0.25) is 4.79 Å². The third-order valence-corrected chi connectivity index (χ3v) is 2.34. The fourth-order valence-electron chi connectivity index (χ4n) is 0.740. The maximum absolute atomic E-state index is 11.4. The zero-order valence-electron chi connectivity index (χ0n) is 6.94. The van der Waals surface area contributed by atoms with Crippen LogP contribution in [0.15, 0.2) is 12.7 Å². The SMILES string of the molecule is CC(C)C(=O)C(Br)n1cncn1. The molecular weight excluding hydrogens is 222 g/mol. The Morgan fingerprint density at radius 1 is 1.58 bits per heavy atom. The highest BCUT2D eigenvalue weighted by Gasteiger charge is 2.19. The van der Waals surface area contributed by atoms with E-state index in [1.807, 2.05) is 13.8 Å². The molecule has 0 amide bonds. The van der Waals surface area contributed by atoms with E-state index in [0.717, 1.165) is 0 Å². The van der Waals surface area contributed by atoms with Crippen LogP contribution in [0.25, 0.3) is 0 Å². The highest BCUT2D eigenvalue weighted by molar-refractivity contribution is 9.09. The Morgan fingerprint density at radius 2 is 2.25 bits per heavy atom. The molecule has 0 aromatic carbocycles. The van der Waals surface area contributed by atoms with Crippen molar-refractivity contribution in [2.24, 2.45) is 5.92 Å². The van der Waals surface area contributed by atoms with Crippen LogP contribution in [0.4, 0.5) is 0 Å². The molecule has 12 heavy (non-hydrogen) atoms. The van der Waals surface area contributed by atoms with Gasteiger partial charge < -0.3 is 0 Å². The van der Waals surface area contributed by atoms with Gasteiger partial charge in [0.05, 0.1) is 0 Å².